The highest BCUT2D eigenvalue weighted by atomic mass is 32.1. The molecule has 0 radical (unpaired) electrons. The molecular weight excluding hydrogens is 261 g/mol. The van der Waals surface area contributed by atoms with E-state index in [0.717, 1.165) is 25.7 Å². The number of aromatic nitrogens is 1. The summed E-state index contributed by atoms with van der Waals surface area (Å²) in [6.45, 7) is 0. The van der Waals surface area contributed by atoms with Crippen molar-refractivity contribution in [3.63, 3.8) is 0 Å². The number of aromatic amines is 1. The fourth-order valence-electron chi connectivity index (χ4n) is 2.44. The first kappa shape index (κ1) is 10.7. The van der Waals surface area contributed by atoms with E-state index in [2.05, 4.69) is 4.98 Å². The van der Waals surface area contributed by atoms with Crippen molar-refractivity contribution in [1.82, 2.24) is 4.98 Å². The molecule has 19 heavy (non-hydrogen) atoms. The van der Waals surface area contributed by atoms with Gasteiger partial charge in [0.05, 0.1) is 10.2 Å². The molecule has 0 saturated carbocycles. The van der Waals surface area contributed by atoms with E-state index in [1.54, 1.807) is 12.1 Å². The summed E-state index contributed by atoms with van der Waals surface area (Å²) in [7, 11) is 0. The Balaban J connectivity index is 2.35. The molecule has 2 aromatic heterocycles. The number of nitrogens with one attached hydrogen (secondary N) is 1. The second kappa shape index (κ2) is 3.65. The van der Waals surface area contributed by atoms with Gasteiger partial charge >= 0.3 is 0 Å². The monoisotopic (exact) mass is 269 g/mol. The van der Waals surface area contributed by atoms with Gasteiger partial charge in [-0.15, -0.1) is 11.3 Å². The van der Waals surface area contributed by atoms with E-state index in [9.17, 15) is 9.18 Å². The summed E-state index contributed by atoms with van der Waals surface area (Å²) in [6.07, 6.45) is 0. The molecule has 2 aromatic carbocycles. The van der Waals surface area contributed by atoms with Crippen molar-refractivity contribution in [3.05, 3.63) is 58.6 Å². The van der Waals surface area contributed by atoms with Crippen LogP contribution >= 0.6 is 11.3 Å². The lowest BCUT2D eigenvalue weighted by Crippen LogP contribution is -2.04. The van der Waals surface area contributed by atoms with Gasteiger partial charge < -0.3 is 4.98 Å². The predicted octanol–water partition coefficient (Wildman–Crippen LogP) is 4.04. The minimum absolute atomic E-state index is 0.105. The molecule has 0 aliphatic heterocycles. The molecule has 0 amide bonds. The van der Waals surface area contributed by atoms with Gasteiger partial charge in [0, 0.05) is 20.9 Å². The number of hydrogen-bond donors (Lipinski definition) is 1. The standard InChI is InChI=1S/C15H8FNOS/c16-8-5-6-11-12(7-8)19-14-9-3-1-2-4-10(9)15(18)17-13(11)14/h1-7H,(H,17,18). The van der Waals surface area contributed by atoms with Crippen LogP contribution in [0.15, 0.2) is 47.3 Å². The molecule has 0 saturated heterocycles. The van der Waals surface area contributed by atoms with Gasteiger partial charge in [0.2, 0.25) is 0 Å². The van der Waals surface area contributed by atoms with Crippen molar-refractivity contribution in [1.29, 1.82) is 0 Å². The molecule has 4 heteroatoms. The lowest BCUT2D eigenvalue weighted by atomic mass is 10.1. The number of halogens is 1. The van der Waals surface area contributed by atoms with Crippen molar-refractivity contribution in [2.24, 2.45) is 0 Å². The molecule has 0 fully saturated rings. The normalized spacial score (nSPS) is 11.6. The number of benzene rings is 2. The molecular formula is C15H8FNOS. The second-order valence-electron chi connectivity index (χ2n) is 4.45. The van der Waals surface area contributed by atoms with E-state index >= 15 is 0 Å². The molecule has 0 aliphatic rings. The third-order valence-corrected chi connectivity index (χ3v) is 4.49. The molecule has 1 N–H and O–H groups in total. The van der Waals surface area contributed by atoms with E-state index in [-0.39, 0.29) is 11.4 Å². The average Bonchev–Trinajstić information content (AvgIpc) is 2.77. The fraction of sp³-hybridized carbons (Fsp3) is 0. The van der Waals surface area contributed by atoms with E-state index < -0.39 is 0 Å². The Morgan fingerprint density at radius 1 is 1.00 bits per heavy atom. The summed E-state index contributed by atoms with van der Waals surface area (Å²) >= 11 is 1.50. The maximum atomic E-state index is 13.3. The molecule has 92 valence electrons. The Morgan fingerprint density at radius 3 is 2.63 bits per heavy atom. The Labute approximate surface area is 111 Å². The van der Waals surface area contributed by atoms with Crippen LogP contribution in [-0.4, -0.2) is 4.98 Å². The summed E-state index contributed by atoms with van der Waals surface area (Å²) < 4.78 is 15.1. The highest BCUT2D eigenvalue weighted by Crippen LogP contribution is 2.35. The molecule has 2 nitrogen and oxygen atoms in total. The lowest BCUT2D eigenvalue weighted by Gasteiger charge is -1.98. The highest BCUT2D eigenvalue weighted by Gasteiger charge is 2.11. The van der Waals surface area contributed by atoms with Gasteiger partial charge in [-0.3, -0.25) is 4.79 Å². The van der Waals surface area contributed by atoms with Crippen LogP contribution in [0.25, 0.3) is 31.1 Å². The maximum Gasteiger partial charge on any atom is 0.256 e. The smallest absolute Gasteiger partial charge is 0.256 e. The fourth-order valence-corrected chi connectivity index (χ4v) is 3.67. The maximum absolute atomic E-state index is 13.3. The van der Waals surface area contributed by atoms with Gasteiger partial charge in [0.15, 0.2) is 0 Å². The molecule has 0 unspecified atom stereocenters. The predicted molar refractivity (Wildman–Crippen MR) is 77.4 cm³/mol. The lowest BCUT2D eigenvalue weighted by molar-refractivity contribution is 0.630. The molecule has 2 heterocycles. The number of H-pyrrole nitrogens is 1. The van der Waals surface area contributed by atoms with Crippen LogP contribution in [0.5, 0.6) is 0 Å². The van der Waals surface area contributed by atoms with Gasteiger partial charge in [-0.05, 0) is 24.3 Å². The van der Waals surface area contributed by atoms with Crippen LogP contribution in [0, 0.1) is 5.82 Å². The van der Waals surface area contributed by atoms with Gasteiger partial charge in [-0.2, -0.15) is 0 Å². The van der Waals surface area contributed by atoms with Crippen LogP contribution in [0.3, 0.4) is 0 Å². The van der Waals surface area contributed by atoms with E-state index in [1.807, 2.05) is 18.2 Å². The molecule has 4 rings (SSSR count). The van der Waals surface area contributed by atoms with Crippen molar-refractivity contribution >= 4 is 42.4 Å². The van der Waals surface area contributed by atoms with Crippen LogP contribution in [0.4, 0.5) is 4.39 Å². The first-order chi connectivity index (χ1) is 9.24. The minimum atomic E-state index is -0.259. The van der Waals surface area contributed by atoms with Crippen molar-refractivity contribution < 1.29 is 4.39 Å². The molecule has 0 bridgehead atoms. The third-order valence-electron chi connectivity index (χ3n) is 3.31. The number of thiophene rings is 1. The highest BCUT2D eigenvalue weighted by molar-refractivity contribution is 7.26. The topological polar surface area (TPSA) is 32.9 Å². The van der Waals surface area contributed by atoms with Gasteiger partial charge in [0.25, 0.3) is 5.56 Å². The van der Waals surface area contributed by atoms with Crippen LogP contribution in [0.1, 0.15) is 0 Å². The number of hydrogen-bond acceptors (Lipinski definition) is 2. The number of pyridine rings is 1. The van der Waals surface area contributed by atoms with Crippen molar-refractivity contribution in [3.8, 4) is 0 Å². The van der Waals surface area contributed by atoms with Crippen molar-refractivity contribution in [2.45, 2.75) is 0 Å². The summed E-state index contributed by atoms with van der Waals surface area (Å²) in [5, 5.41) is 2.48. The van der Waals surface area contributed by atoms with Gasteiger partial charge in [-0.25, -0.2) is 4.39 Å². The first-order valence-corrected chi connectivity index (χ1v) is 6.68. The number of rotatable bonds is 0. The number of fused-ring (bicyclic) bond motifs is 5. The summed E-state index contributed by atoms with van der Waals surface area (Å²) in [5.41, 5.74) is 0.691. The zero-order chi connectivity index (χ0) is 13.0. The zero-order valence-electron chi connectivity index (χ0n) is 9.74. The van der Waals surface area contributed by atoms with E-state index in [1.165, 1.54) is 23.5 Å². The van der Waals surface area contributed by atoms with E-state index in [4.69, 9.17) is 0 Å². The molecule has 0 atom stereocenters. The average molecular weight is 269 g/mol. The minimum Gasteiger partial charge on any atom is -0.320 e. The van der Waals surface area contributed by atoms with Gasteiger partial charge in [-0.1, -0.05) is 18.2 Å². The van der Waals surface area contributed by atoms with Crippen LogP contribution in [0.2, 0.25) is 0 Å². The Hall–Kier alpha value is -2.20. The quantitative estimate of drug-likeness (QED) is 0.513. The van der Waals surface area contributed by atoms with Crippen LogP contribution < -0.4 is 5.56 Å². The first-order valence-electron chi connectivity index (χ1n) is 5.87. The molecule has 0 aliphatic carbocycles. The zero-order valence-corrected chi connectivity index (χ0v) is 10.6. The Morgan fingerprint density at radius 2 is 1.79 bits per heavy atom. The van der Waals surface area contributed by atoms with Crippen molar-refractivity contribution in [2.75, 3.05) is 0 Å². The molecule has 0 spiro atoms. The third kappa shape index (κ3) is 1.43. The summed E-state index contributed by atoms with van der Waals surface area (Å²) in [6, 6.07) is 12.1. The van der Waals surface area contributed by atoms with Gasteiger partial charge in [0.1, 0.15) is 5.82 Å². The Kier molecular flexibility index (Phi) is 2.05. The summed E-state index contributed by atoms with van der Waals surface area (Å²) in [5.74, 6) is -0.259. The summed E-state index contributed by atoms with van der Waals surface area (Å²) in [4.78, 5) is 15.0. The SMILES string of the molecule is O=c1[nH]c2c3ccc(F)cc3sc2c2ccccc12. The van der Waals surface area contributed by atoms with Crippen LogP contribution in [-0.2, 0) is 0 Å². The molecule has 4 aromatic rings. The van der Waals surface area contributed by atoms with E-state index in [0.29, 0.717) is 5.39 Å². The largest absolute Gasteiger partial charge is 0.320 e. The Bertz CT molecular complexity index is 999. The second-order valence-corrected chi connectivity index (χ2v) is 5.50.